The highest BCUT2D eigenvalue weighted by Crippen LogP contribution is 2.35. The summed E-state index contributed by atoms with van der Waals surface area (Å²) in [7, 11) is 0. The number of halogens is 3. The lowest BCUT2D eigenvalue weighted by atomic mass is 10.1. The molecule has 1 aliphatic heterocycles. The van der Waals surface area contributed by atoms with Gasteiger partial charge in [-0.1, -0.05) is 23.5 Å². The van der Waals surface area contributed by atoms with Gasteiger partial charge in [0.2, 0.25) is 0 Å². The van der Waals surface area contributed by atoms with E-state index in [4.69, 9.17) is 0 Å². The lowest BCUT2D eigenvalue weighted by molar-refractivity contribution is -0.137. The second-order valence-electron chi connectivity index (χ2n) is 6.42. The topological polar surface area (TPSA) is 65.1 Å². The first-order chi connectivity index (χ1) is 13.3. The lowest BCUT2D eigenvalue weighted by Crippen LogP contribution is -2.31. The lowest BCUT2D eigenvalue weighted by Gasteiger charge is -2.17. The largest absolute Gasteiger partial charge is 0.416 e. The molecule has 1 aliphatic rings. The molecule has 146 valence electrons. The van der Waals surface area contributed by atoms with Crippen molar-refractivity contribution in [3.05, 3.63) is 53.3 Å². The Kier molecular flexibility index (Phi) is 4.58. The number of aromatic nitrogens is 3. The van der Waals surface area contributed by atoms with Crippen LogP contribution in [0.2, 0.25) is 0 Å². The van der Waals surface area contributed by atoms with Crippen LogP contribution < -0.4 is 4.90 Å². The molecule has 4 rings (SSSR count). The van der Waals surface area contributed by atoms with Gasteiger partial charge in [0.25, 0.3) is 0 Å². The Morgan fingerprint density at radius 2 is 1.93 bits per heavy atom. The molecule has 28 heavy (non-hydrogen) atoms. The van der Waals surface area contributed by atoms with Crippen molar-refractivity contribution in [3.63, 3.8) is 0 Å². The number of hydrogen-bond donors (Lipinski definition) is 1. The highest BCUT2D eigenvalue weighted by molar-refractivity contribution is 7.19. The van der Waals surface area contributed by atoms with E-state index in [1.165, 1.54) is 23.5 Å². The summed E-state index contributed by atoms with van der Waals surface area (Å²) in [5, 5.41) is 7.51. The first-order valence-electron chi connectivity index (χ1n) is 8.53. The summed E-state index contributed by atoms with van der Waals surface area (Å²) in [6.07, 6.45) is -2.64. The summed E-state index contributed by atoms with van der Waals surface area (Å²) in [6, 6.07) is 6.51. The molecular formula is C18H16F3N5OS. The molecule has 1 saturated heterocycles. The number of nitrogens with one attached hydrogen (secondary N) is 1. The van der Waals surface area contributed by atoms with Crippen LogP contribution in [0.5, 0.6) is 0 Å². The monoisotopic (exact) mass is 407 g/mol. The van der Waals surface area contributed by atoms with Gasteiger partial charge in [-0.15, -0.1) is 0 Å². The molecule has 10 heteroatoms. The van der Waals surface area contributed by atoms with Crippen molar-refractivity contribution in [2.24, 2.45) is 0 Å². The number of nitrogens with zero attached hydrogens (tertiary/aromatic N) is 4. The molecule has 0 saturated carbocycles. The first kappa shape index (κ1) is 18.5. The van der Waals surface area contributed by atoms with Crippen LogP contribution in [0.25, 0.3) is 10.6 Å². The third-order valence-electron chi connectivity index (χ3n) is 4.50. The van der Waals surface area contributed by atoms with Gasteiger partial charge in [0, 0.05) is 25.8 Å². The van der Waals surface area contributed by atoms with Crippen LogP contribution in [0, 0.1) is 6.92 Å². The average molecular weight is 407 g/mol. The molecule has 0 bridgehead atoms. The Bertz CT molecular complexity index is 982. The molecular weight excluding hydrogens is 391 g/mol. The van der Waals surface area contributed by atoms with Crippen molar-refractivity contribution < 1.29 is 18.0 Å². The van der Waals surface area contributed by atoms with E-state index in [1.54, 1.807) is 16.0 Å². The highest BCUT2D eigenvalue weighted by Gasteiger charge is 2.33. The van der Waals surface area contributed by atoms with Gasteiger partial charge in [-0.25, -0.2) is 9.78 Å². The van der Waals surface area contributed by atoms with Gasteiger partial charge >= 0.3 is 12.2 Å². The van der Waals surface area contributed by atoms with Crippen LogP contribution >= 0.6 is 11.3 Å². The second-order valence-corrected chi connectivity index (χ2v) is 7.40. The van der Waals surface area contributed by atoms with E-state index in [0.29, 0.717) is 23.8 Å². The Morgan fingerprint density at radius 3 is 2.57 bits per heavy atom. The van der Waals surface area contributed by atoms with Crippen LogP contribution in [-0.2, 0) is 12.7 Å². The van der Waals surface area contributed by atoms with Gasteiger partial charge < -0.3 is 4.90 Å². The minimum Gasteiger partial charge on any atom is -0.318 e. The van der Waals surface area contributed by atoms with Gasteiger partial charge in [0.05, 0.1) is 16.1 Å². The predicted octanol–water partition coefficient (Wildman–Crippen LogP) is 4.30. The van der Waals surface area contributed by atoms with Gasteiger partial charge in [-0.3, -0.25) is 10.00 Å². The normalized spacial score (nSPS) is 14.9. The molecule has 1 aromatic carbocycles. The third-order valence-corrected chi connectivity index (χ3v) is 5.70. The Balaban J connectivity index is 1.48. The maximum atomic E-state index is 12.8. The zero-order valence-electron chi connectivity index (χ0n) is 14.8. The van der Waals surface area contributed by atoms with Crippen LogP contribution in [0.1, 0.15) is 16.8 Å². The van der Waals surface area contributed by atoms with Crippen molar-refractivity contribution in [1.29, 1.82) is 0 Å². The zero-order valence-corrected chi connectivity index (χ0v) is 15.6. The summed E-state index contributed by atoms with van der Waals surface area (Å²) < 4.78 is 38.0. The number of anilines is 1. The molecule has 2 amide bonds. The van der Waals surface area contributed by atoms with Crippen molar-refractivity contribution >= 4 is 22.5 Å². The summed E-state index contributed by atoms with van der Waals surface area (Å²) >= 11 is 1.39. The third kappa shape index (κ3) is 3.47. The fourth-order valence-electron chi connectivity index (χ4n) is 3.05. The standard InChI is InChI=1S/C18H16F3N5OS/c1-11-15(14-6-7-22-24-14)28-16(23-11)26-9-8-25(17(26)27)10-12-2-4-13(5-3-12)18(19,20)21/h2-7H,8-10H2,1H3,(H,22,24). The number of alkyl halides is 3. The SMILES string of the molecule is Cc1nc(N2CCN(Cc3ccc(C(F)(F)F)cc3)C2=O)sc1-c1cc[nH]n1. The first-order valence-corrected chi connectivity index (χ1v) is 9.35. The number of hydrogen-bond acceptors (Lipinski definition) is 4. The highest BCUT2D eigenvalue weighted by atomic mass is 32.1. The molecule has 3 aromatic rings. The van der Waals surface area contributed by atoms with Gasteiger partial charge in [-0.2, -0.15) is 18.3 Å². The van der Waals surface area contributed by atoms with E-state index >= 15 is 0 Å². The van der Waals surface area contributed by atoms with Crippen molar-refractivity contribution in [1.82, 2.24) is 20.1 Å². The minimum absolute atomic E-state index is 0.206. The molecule has 1 fully saturated rings. The number of rotatable bonds is 4. The average Bonchev–Trinajstić information content (AvgIpc) is 3.36. The molecule has 0 unspecified atom stereocenters. The number of urea groups is 1. The fourth-order valence-corrected chi connectivity index (χ4v) is 4.10. The number of benzene rings is 1. The number of carbonyl (C=O) groups is 1. The number of amides is 2. The number of H-pyrrole nitrogens is 1. The smallest absolute Gasteiger partial charge is 0.318 e. The van der Waals surface area contributed by atoms with Gasteiger partial charge in [0.1, 0.15) is 5.69 Å². The van der Waals surface area contributed by atoms with E-state index in [0.717, 1.165) is 28.4 Å². The predicted molar refractivity (Wildman–Crippen MR) is 99.0 cm³/mol. The van der Waals surface area contributed by atoms with Crippen LogP contribution in [0.4, 0.5) is 23.1 Å². The van der Waals surface area contributed by atoms with Crippen molar-refractivity contribution in [2.75, 3.05) is 18.0 Å². The summed E-state index contributed by atoms with van der Waals surface area (Å²) in [5.41, 5.74) is 1.51. The second kappa shape index (κ2) is 6.93. The van der Waals surface area contributed by atoms with Crippen molar-refractivity contribution in [2.45, 2.75) is 19.6 Å². The Hall–Kier alpha value is -2.88. The number of thiazole rings is 1. The van der Waals surface area contributed by atoms with E-state index in [-0.39, 0.29) is 12.6 Å². The Labute approximate surface area is 162 Å². The van der Waals surface area contributed by atoms with E-state index in [9.17, 15) is 18.0 Å². The molecule has 0 radical (unpaired) electrons. The summed E-state index contributed by atoms with van der Waals surface area (Å²) in [4.78, 5) is 21.4. The quantitative estimate of drug-likeness (QED) is 0.701. The molecule has 0 aliphatic carbocycles. The molecule has 1 N–H and O–H groups in total. The number of carbonyl (C=O) groups excluding carboxylic acids is 1. The maximum Gasteiger partial charge on any atom is 0.416 e. The fraction of sp³-hybridized carbons (Fsp3) is 0.278. The van der Waals surface area contributed by atoms with Crippen molar-refractivity contribution in [3.8, 4) is 10.6 Å². The van der Waals surface area contributed by atoms with E-state index < -0.39 is 11.7 Å². The Morgan fingerprint density at radius 1 is 1.18 bits per heavy atom. The number of aromatic amines is 1. The molecule has 6 nitrogen and oxygen atoms in total. The van der Waals surface area contributed by atoms with Crippen LogP contribution in [0.15, 0.2) is 36.5 Å². The number of aryl methyl sites for hydroxylation is 1. The maximum absolute atomic E-state index is 12.8. The molecule has 0 atom stereocenters. The van der Waals surface area contributed by atoms with Crippen LogP contribution in [0.3, 0.4) is 0 Å². The molecule has 2 aromatic heterocycles. The van der Waals surface area contributed by atoms with E-state index in [2.05, 4.69) is 15.2 Å². The zero-order chi connectivity index (χ0) is 19.9. The molecule has 0 spiro atoms. The van der Waals surface area contributed by atoms with E-state index in [1.807, 2.05) is 13.0 Å². The minimum atomic E-state index is -4.37. The molecule has 3 heterocycles. The van der Waals surface area contributed by atoms with Gasteiger partial charge in [-0.05, 0) is 30.7 Å². The summed E-state index contributed by atoms with van der Waals surface area (Å²) in [6.45, 7) is 3.08. The summed E-state index contributed by atoms with van der Waals surface area (Å²) in [5.74, 6) is 0. The van der Waals surface area contributed by atoms with Gasteiger partial charge in [0.15, 0.2) is 5.13 Å². The van der Waals surface area contributed by atoms with Crippen LogP contribution in [-0.4, -0.2) is 39.2 Å².